The summed E-state index contributed by atoms with van der Waals surface area (Å²) in [5, 5.41) is 2.91. The van der Waals surface area contributed by atoms with E-state index < -0.39 is 17.5 Å². The molecule has 1 N–H and O–H groups in total. The molecule has 8 nitrogen and oxygen atoms in total. The van der Waals surface area contributed by atoms with Gasteiger partial charge in [-0.15, -0.1) is 0 Å². The van der Waals surface area contributed by atoms with Crippen molar-refractivity contribution < 1.29 is 23.9 Å². The van der Waals surface area contributed by atoms with Crippen LogP contribution in [0.5, 0.6) is 0 Å². The quantitative estimate of drug-likeness (QED) is 0.260. The van der Waals surface area contributed by atoms with Crippen molar-refractivity contribution in [3.63, 3.8) is 0 Å². The van der Waals surface area contributed by atoms with E-state index in [1.807, 2.05) is 82.3 Å². The van der Waals surface area contributed by atoms with E-state index in [4.69, 9.17) is 14.5 Å². The van der Waals surface area contributed by atoms with Gasteiger partial charge in [0.15, 0.2) is 0 Å². The van der Waals surface area contributed by atoms with Crippen molar-refractivity contribution in [3.05, 3.63) is 95.1 Å². The Morgan fingerprint density at radius 2 is 1.65 bits per heavy atom. The van der Waals surface area contributed by atoms with Gasteiger partial charge >= 0.3 is 12.1 Å². The van der Waals surface area contributed by atoms with E-state index in [-0.39, 0.29) is 18.6 Å². The molecule has 0 spiro atoms. The molecule has 2 amide bonds. The summed E-state index contributed by atoms with van der Waals surface area (Å²) in [6.45, 7) is 10.4. The van der Waals surface area contributed by atoms with Gasteiger partial charge in [0.25, 0.3) is 0 Å². The zero-order valence-corrected chi connectivity index (χ0v) is 23.6. The number of aliphatic imine (C=N–C) groups is 1. The molecule has 0 fully saturated rings. The number of benzene rings is 3. The van der Waals surface area contributed by atoms with Crippen molar-refractivity contribution in [2.24, 2.45) is 4.99 Å². The van der Waals surface area contributed by atoms with Crippen LogP contribution in [0.25, 0.3) is 0 Å². The summed E-state index contributed by atoms with van der Waals surface area (Å²) in [6, 6.07) is 22.2. The van der Waals surface area contributed by atoms with Gasteiger partial charge in [-0.25, -0.2) is 9.59 Å². The predicted molar refractivity (Wildman–Crippen MR) is 155 cm³/mol. The number of hydrogen-bond donors (Lipinski definition) is 1. The molecule has 0 saturated heterocycles. The van der Waals surface area contributed by atoms with E-state index in [1.165, 1.54) is 0 Å². The van der Waals surface area contributed by atoms with Crippen molar-refractivity contribution in [2.75, 3.05) is 18.5 Å². The number of nitrogens with one attached hydrogen (secondary N) is 1. The van der Waals surface area contributed by atoms with Crippen LogP contribution in [0, 0.1) is 0 Å². The third-order valence-electron chi connectivity index (χ3n) is 6.33. The number of carbonyl (C=O) groups excluding carboxylic acids is 3. The Kier molecular flexibility index (Phi) is 8.67. The number of rotatable bonds is 8. The summed E-state index contributed by atoms with van der Waals surface area (Å²) >= 11 is 0. The minimum absolute atomic E-state index is 0.216. The van der Waals surface area contributed by atoms with Gasteiger partial charge in [0.1, 0.15) is 11.5 Å². The van der Waals surface area contributed by atoms with Gasteiger partial charge in [0.2, 0.25) is 5.91 Å². The van der Waals surface area contributed by atoms with Crippen LogP contribution >= 0.6 is 0 Å². The fourth-order valence-electron chi connectivity index (χ4n) is 4.45. The van der Waals surface area contributed by atoms with Gasteiger partial charge in [-0.1, -0.05) is 48.5 Å². The smallest absolute Gasteiger partial charge is 0.410 e. The van der Waals surface area contributed by atoms with Crippen molar-refractivity contribution in [1.82, 2.24) is 4.90 Å². The molecular weight excluding hydrogens is 506 g/mol. The van der Waals surface area contributed by atoms with Gasteiger partial charge < -0.3 is 19.7 Å². The van der Waals surface area contributed by atoms with Gasteiger partial charge in [-0.3, -0.25) is 9.79 Å². The Hall–Kier alpha value is -4.46. The molecule has 4 rings (SSSR count). The molecule has 1 aliphatic rings. The Labute approximate surface area is 235 Å². The Balaban J connectivity index is 1.64. The predicted octanol–water partition coefficient (Wildman–Crippen LogP) is 6.48. The number of anilines is 1. The second-order valence-electron chi connectivity index (χ2n) is 10.5. The Morgan fingerprint density at radius 1 is 0.950 bits per heavy atom. The van der Waals surface area contributed by atoms with Crippen molar-refractivity contribution >= 4 is 35.1 Å². The first kappa shape index (κ1) is 28.5. The summed E-state index contributed by atoms with van der Waals surface area (Å²) in [4.78, 5) is 44.6. The SMILES string of the molecule is CCOC(=O)c1ccc2c(c1)NC(=O)C2C(=Nc1ccc(CN(CC)C(=O)OC(C)(C)C)cc1)c1ccccc1. The highest BCUT2D eigenvalue weighted by Crippen LogP contribution is 2.37. The standard InChI is InChI=1S/C32H35N3O5/c1-6-35(31(38)40-32(3,4)5)20-21-13-16-24(17-14-21)33-28(22-11-9-8-10-12-22)27-25-18-15-23(30(37)39-7-2)19-26(25)34-29(27)36/h8-19,27H,6-7,20H2,1-5H3,(H,34,36). The monoisotopic (exact) mass is 541 g/mol. The molecule has 0 aliphatic carbocycles. The van der Waals surface area contributed by atoms with E-state index in [0.29, 0.717) is 35.7 Å². The van der Waals surface area contributed by atoms with Crippen LogP contribution in [0.4, 0.5) is 16.2 Å². The lowest BCUT2D eigenvalue weighted by molar-refractivity contribution is -0.115. The molecule has 208 valence electrons. The average molecular weight is 542 g/mol. The third kappa shape index (κ3) is 6.75. The van der Waals surface area contributed by atoms with E-state index in [1.54, 1.807) is 30.0 Å². The molecule has 3 aromatic carbocycles. The largest absolute Gasteiger partial charge is 0.462 e. The Morgan fingerprint density at radius 3 is 2.27 bits per heavy atom. The van der Waals surface area contributed by atoms with Crippen molar-refractivity contribution in [2.45, 2.75) is 52.7 Å². The van der Waals surface area contributed by atoms with E-state index >= 15 is 0 Å². The number of hydrogen-bond acceptors (Lipinski definition) is 6. The van der Waals surface area contributed by atoms with Gasteiger partial charge in [0, 0.05) is 18.8 Å². The number of fused-ring (bicyclic) bond motifs is 1. The second kappa shape index (κ2) is 12.2. The van der Waals surface area contributed by atoms with E-state index in [9.17, 15) is 14.4 Å². The maximum atomic E-state index is 13.3. The van der Waals surface area contributed by atoms with Crippen LogP contribution in [-0.4, -0.2) is 47.3 Å². The molecule has 3 aromatic rings. The second-order valence-corrected chi connectivity index (χ2v) is 10.5. The maximum Gasteiger partial charge on any atom is 0.410 e. The molecule has 0 bridgehead atoms. The molecular formula is C32H35N3O5. The van der Waals surface area contributed by atoms with Crippen LogP contribution in [0.3, 0.4) is 0 Å². The number of amides is 2. The third-order valence-corrected chi connectivity index (χ3v) is 6.33. The lowest BCUT2D eigenvalue weighted by atomic mass is 9.90. The molecule has 1 unspecified atom stereocenters. The molecule has 1 aliphatic heterocycles. The molecule has 1 atom stereocenters. The normalized spacial score (nSPS) is 14.8. The highest BCUT2D eigenvalue weighted by atomic mass is 16.6. The molecule has 1 heterocycles. The first-order valence-electron chi connectivity index (χ1n) is 13.4. The minimum atomic E-state index is -0.656. The zero-order chi connectivity index (χ0) is 28.9. The summed E-state index contributed by atoms with van der Waals surface area (Å²) in [5.74, 6) is -1.31. The van der Waals surface area contributed by atoms with Crippen LogP contribution in [0.1, 0.15) is 67.6 Å². The van der Waals surface area contributed by atoms with Crippen molar-refractivity contribution in [3.8, 4) is 0 Å². The van der Waals surface area contributed by atoms with Crippen molar-refractivity contribution in [1.29, 1.82) is 0 Å². The lowest BCUT2D eigenvalue weighted by Gasteiger charge is -2.26. The van der Waals surface area contributed by atoms with Gasteiger partial charge in [0.05, 0.1) is 23.6 Å². The lowest BCUT2D eigenvalue weighted by Crippen LogP contribution is -2.36. The van der Waals surface area contributed by atoms with Crippen LogP contribution in [-0.2, 0) is 20.8 Å². The van der Waals surface area contributed by atoms with Gasteiger partial charge in [-0.2, -0.15) is 0 Å². The minimum Gasteiger partial charge on any atom is -0.462 e. The molecule has 40 heavy (non-hydrogen) atoms. The van der Waals surface area contributed by atoms with Crippen LogP contribution in [0.2, 0.25) is 0 Å². The highest BCUT2D eigenvalue weighted by Gasteiger charge is 2.36. The first-order chi connectivity index (χ1) is 19.1. The summed E-state index contributed by atoms with van der Waals surface area (Å²) in [6.07, 6.45) is -0.361. The summed E-state index contributed by atoms with van der Waals surface area (Å²) < 4.78 is 10.6. The molecule has 8 heteroatoms. The molecule has 0 radical (unpaired) electrons. The zero-order valence-electron chi connectivity index (χ0n) is 23.6. The Bertz CT molecular complexity index is 1410. The topological polar surface area (TPSA) is 97.3 Å². The highest BCUT2D eigenvalue weighted by molar-refractivity contribution is 6.24. The van der Waals surface area contributed by atoms with Gasteiger partial charge in [-0.05, 0) is 75.6 Å². The number of esters is 1. The number of carbonyl (C=O) groups is 3. The molecule has 0 saturated carbocycles. The van der Waals surface area contributed by atoms with Crippen LogP contribution in [0.15, 0.2) is 77.8 Å². The summed E-state index contributed by atoms with van der Waals surface area (Å²) in [7, 11) is 0. The number of nitrogens with zero attached hydrogens (tertiary/aromatic N) is 2. The average Bonchev–Trinajstić information content (AvgIpc) is 3.25. The number of ether oxygens (including phenoxy) is 2. The summed E-state index contributed by atoms with van der Waals surface area (Å²) in [5.41, 5.74) is 4.14. The first-order valence-corrected chi connectivity index (χ1v) is 13.4. The van der Waals surface area contributed by atoms with E-state index in [0.717, 1.165) is 16.7 Å². The van der Waals surface area contributed by atoms with Crippen LogP contribution < -0.4 is 5.32 Å². The fraction of sp³-hybridized carbons (Fsp3) is 0.312. The van der Waals surface area contributed by atoms with E-state index in [2.05, 4.69) is 5.32 Å². The fourth-order valence-corrected chi connectivity index (χ4v) is 4.45. The maximum absolute atomic E-state index is 13.3. The molecule has 0 aromatic heterocycles.